The van der Waals surface area contributed by atoms with E-state index in [1.54, 1.807) is 0 Å². The second-order valence-electron chi connectivity index (χ2n) is 4.91. The van der Waals surface area contributed by atoms with Crippen LogP contribution in [0.1, 0.15) is 24.0 Å². The molecule has 0 aliphatic carbocycles. The first-order valence-electron chi connectivity index (χ1n) is 6.89. The second-order valence-corrected chi connectivity index (χ2v) is 4.91. The van der Waals surface area contributed by atoms with E-state index >= 15 is 0 Å². The zero-order valence-electron chi connectivity index (χ0n) is 11.4. The Balaban J connectivity index is 1.79. The number of benzene rings is 2. The minimum Gasteiger partial charge on any atom is -0.494 e. The molecule has 3 nitrogen and oxygen atoms in total. The molecule has 20 heavy (non-hydrogen) atoms. The fourth-order valence-corrected chi connectivity index (χ4v) is 2.60. The number of carbonyl (C=O) groups is 1. The maximum atomic E-state index is 12.1. The van der Waals surface area contributed by atoms with Crippen molar-refractivity contribution in [2.75, 3.05) is 11.9 Å². The summed E-state index contributed by atoms with van der Waals surface area (Å²) in [7, 11) is 0. The third-order valence-electron chi connectivity index (χ3n) is 3.58. The van der Waals surface area contributed by atoms with Crippen LogP contribution in [0.3, 0.4) is 0 Å². The fourth-order valence-electron chi connectivity index (χ4n) is 2.60. The van der Waals surface area contributed by atoms with Crippen LogP contribution in [0.15, 0.2) is 48.5 Å². The van der Waals surface area contributed by atoms with Gasteiger partial charge in [-0.3, -0.25) is 4.79 Å². The number of fused-ring (bicyclic) bond motifs is 1. The second kappa shape index (κ2) is 5.37. The van der Waals surface area contributed by atoms with Gasteiger partial charge in [-0.15, -0.1) is 0 Å². The van der Waals surface area contributed by atoms with Crippen LogP contribution in [-0.4, -0.2) is 12.5 Å². The van der Waals surface area contributed by atoms with E-state index in [-0.39, 0.29) is 11.8 Å². The summed E-state index contributed by atoms with van der Waals surface area (Å²) in [5.41, 5.74) is 3.17. The molecular weight excluding hydrogens is 250 g/mol. The van der Waals surface area contributed by atoms with Crippen molar-refractivity contribution in [3.63, 3.8) is 0 Å². The summed E-state index contributed by atoms with van der Waals surface area (Å²) >= 11 is 0. The van der Waals surface area contributed by atoms with Gasteiger partial charge in [-0.05, 0) is 42.7 Å². The Hall–Kier alpha value is -2.29. The molecule has 3 rings (SSSR count). The van der Waals surface area contributed by atoms with Crippen molar-refractivity contribution < 1.29 is 9.53 Å². The van der Waals surface area contributed by atoms with Crippen LogP contribution in [0.5, 0.6) is 5.75 Å². The molecule has 102 valence electrons. The maximum Gasteiger partial charge on any atom is 0.232 e. The van der Waals surface area contributed by atoms with E-state index in [1.807, 2.05) is 55.5 Å². The predicted molar refractivity (Wildman–Crippen MR) is 79.1 cm³/mol. The molecule has 1 aliphatic heterocycles. The summed E-state index contributed by atoms with van der Waals surface area (Å²) in [6.45, 7) is 2.63. The van der Waals surface area contributed by atoms with Gasteiger partial charge in [0, 0.05) is 5.69 Å². The largest absolute Gasteiger partial charge is 0.494 e. The molecule has 1 heterocycles. The van der Waals surface area contributed by atoms with E-state index in [0.29, 0.717) is 6.61 Å². The van der Waals surface area contributed by atoms with E-state index < -0.39 is 0 Å². The van der Waals surface area contributed by atoms with Crippen LogP contribution in [0.25, 0.3) is 0 Å². The zero-order valence-corrected chi connectivity index (χ0v) is 11.4. The molecule has 0 bridgehead atoms. The van der Waals surface area contributed by atoms with Gasteiger partial charge in [0.05, 0.1) is 12.5 Å². The van der Waals surface area contributed by atoms with Crippen molar-refractivity contribution in [3.8, 4) is 5.75 Å². The van der Waals surface area contributed by atoms with Gasteiger partial charge >= 0.3 is 0 Å². The van der Waals surface area contributed by atoms with Crippen molar-refractivity contribution in [1.82, 2.24) is 0 Å². The van der Waals surface area contributed by atoms with Crippen molar-refractivity contribution >= 4 is 11.6 Å². The van der Waals surface area contributed by atoms with E-state index in [4.69, 9.17) is 4.74 Å². The lowest BCUT2D eigenvalue weighted by molar-refractivity contribution is -0.117. The number of anilines is 1. The van der Waals surface area contributed by atoms with Crippen molar-refractivity contribution in [2.45, 2.75) is 19.3 Å². The third kappa shape index (κ3) is 2.39. The number of amides is 1. The third-order valence-corrected chi connectivity index (χ3v) is 3.58. The molecule has 0 radical (unpaired) electrons. The molecule has 2 aromatic carbocycles. The number of hydrogen-bond acceptors (Lipinski definition) is 2. The minimum atomic E-state index is -0.0934. The molecule has 0 spiro atoms. The molecule has 1 aliphatic rings. The smallest absolute Gasteiger partial charge is 0.232 e. The number of hydrogen-bond donors (Lipinski definition) is 1. The normalized spacial score (nSPS) is 16.6. The Morgan fingerprint density at radius 2 is 1.85 bits per heavy atom. The summed E-state index contributed by atoms with van der Waals surface area (Å²) in [4.78, 5) is 12.1. The molecular formula is C17H17NO2. The van der Waals surface area contributed by atoms with Crippen LogP contribution >= 0.6 is 0 Å². The van der Waals surface area contributed by atoms with Crippen LogP contribution < -0.4 is 10.1 Å². The van der Waals surface area contributed by atoms with Crippen LogP contribution in [0.4, 0.5) is 5.69 Å². The molecule has 1 amide bonds. The Morgan fingerprint density at radius 1 is 1.10 bits per heavy atom. The van der Waals surface area contributed by atoms with Crippen molar-refractivity contribution in [3.05, 3.63) is 59.7 Å². The Morgan fingerprint density at radius 3 is 2.60 bits per heavy atom. The lowest BCUT2D eigenvalue weighted by Gasteiger charge is -2.10. The van der Waals surface area contributed by atoms with Gasteiger partial charge in [0.15, 0.2) is 0 Å². The van der Waals surface area contributed by atoms with Crippen molar-refractivity contribution in [2.24, 2.45) is 0 Å². The minimum absolute atomic E-state index is 0.0834. The Kier molecular flexibility index (Phi) is 3.42. The summed E-state index contributed by atoms with van der Waals surface area (Å²) in [6, 6.07) is 15.9. The number of rotatable bonds is 4. The monoisotopic (exact) mass is 267 g/mol. The number of carbonyl (C=O) groups excluding carboxylic acids is 1. The van der Waals surface area contributed by atoms with E-state index in [2.05, 4.69) is 5.32 Å². The standard InChI is InChI=1S/C17H17NO2/c1-2-20-13-9-7-12(8-10-13)11-15-14-5-3-4-6-16(14)18-17(15)19/h3-10,15H,2,11H2,1H3,(H,18,19)/t15-/m1/s1. The zero-order chi connectivity index (χ0) is 13.9. The number of nitrogens with one attached hydrogen (secondary N) is 1. The van der Waals surface area contributed by atoms with Gasteiger partial charge in [-0.25, -0.2) is 0 Å². The van der Waals surface area contributed by atoms with Gasteiger partial charge in [0.1, 0.15) is 5.75 Å². The average molecular weight is 267 g/mol. The first-order valence-corrected chi connectivity index (χ1v) is 6.89. The van der Waals surface area contributed by atoms with Gasteiger partial charge in [-0.1, -0.05) is 30.3 Å². The lowest BCUT2D eigenvalue weighted by atomic mass is 9.93. The molecule has 1 atom stereocenters. The molecule has 0 fully saturated rings. The van der Waals surface area contributed by atoms with Gasteiger partial charge < -0.3 is 10.1 Å². The van der Waals surface area contributed by atoms with Gasteiger partial charge in [0.2, 0.25) is 5.91 Å². The van der Waals surface area contributed by atoms with Gasteiger partial charge in [0.25, 0.3) is 0 Å². The summed E-state index contributed by atoms with van der Waals surface area (Å²) in [6.07, 6.45) is 0.718. The maximum absolute atomic E-state index is 12.1. The highest BCUT2D eigenvalue weighted by Gasteiger charge is 2.29. The molecule has 0 unspecified atom stereocenters. The molecule has 1 N–H and O–H groups in total. The quantitative estimate of drug-likeness (QED) is 0.922. The lowest BCUT2D eigenvalue weighted by Crippen LogP contribution is -2.14. The molecule has 0 aromatic heterocycles. The number of para-hydroxylation sites is 1. The van der Waals surface area contributed by atoms with Crippen LogP contribution in [-0.2, 0) is 11.2 Å². The van der Waals surface area contributed by atoms with Crippen LogP contribution in [0, 0.1) is 0 Å². The predicted octanol–water partition coefficient (Wildman–Crippen LogP) is 3.36. The Labute approximate surface area is 118 Å². The van der Waals surface area contributed by atoms with Crippen molar-refractivity contribution in [1.29, 1.82) is 0 Å². The first-order chi connectivity index (χ1) is 9.78. The first kappa shape index (κ1) is 12.7. The van der Waals surface area contributed by atoms with Gasteiger partial charge in [-0.2, -0.15) is 0 Å². The highest BCUT2D eigenvalue weighted by atomic mass is 16.5. The molecule has 2 aromatic rings. The van der Waals surface area contributed by atoms with E-state index in [9.17, 15) is 4.79 Å². The van der Waals surface area contributed by atoms with E-state index in [1.165, 1.54) is 0 Å². The molecule has 0 saturated carbocycles. The summed E-state index contributed by atoms with van der Waals surface area (Å²) in [5, 5.41) is 2.94. The highest BCUT2D eigenvalue weighted by Crippen LogP contribution is 2.34. The topological polar surface area (TPSA) is 38.3 Å². The number of ether oxygens (including phenoxy) is 1. The highest BCUT2D eigenvalue weighted by molar-refractivity contribution is 6.03. The molecule has 3 heteroatoms. The SMILES string of the molecule is CCOc1ccc(C[C@H]2C(=O)Nc3ccccc32)cc1. The molecule has 0 saturated heterocycles. The fraction of sp³-hybridized carbons (Fsp3) is 0.235. The van der Waals surface area contributed by atoms with E-state index in [0.717, 1.165) is 29.0 Å². The summed E-state index contributed by atoms with van der Waals surface area (Å²) < 4.78 is 5.43. The summed E-state index contributed by atoms with van der Waals surface area (Å²) in [5.74, 6) is 0.858. The van der Waals surface area contributed by atoms with Crippen LogP contribution in [0.2, 0.25) is 0 Å². The average Bonchev–Trinajstić information content (AvgIpc) is 2.78. The Bertz CT molecular complexity index is 619.